The summed E-state index contributed by atoms with van der Waals surface area (Å²) in [7, 11) is -6.64. The fourth-order valence-corrected chi connectivity index (χ4v) is 5.07. The van der Waals surface area contributed by atoms with Gasteiger partial charge in [0.25, 0.3) is 0 Å². The lowest BCUT2D eigenvalue weighted by Gasteiger charge is -2.20. The van der Waals surface area contributed by atoms with E-state index in [0.717, 1.165) is 10.6 Å². The van der Waals surface area contributed by atoms with E-state index in [9.17, 15) is 26.0 Å². The van der Waals surface area contributed by atoms with Crippen molar-refractivity contribution in [1.82, 2.24) is 9.62 Å². The first-order chi connectivity index (χ1) is 11.5. The predicted octanol–water partition coefficient (Wildman–Crippen LogP) is 0.281. The summed E-state index contributed by atoms with van der Waals surface area (Å²) in [6, 6.07) is 5.03. The fraction of sp³-hybridized carbons (Fsp3) is 0.533. The minimum Gasteiger partial charge on any atom is -0.352 e. The second-order valence-electron chi connectivity index (χ2n) is 6.14. The van der Waals surface area contributed by atoms with Crippen molar-refractivity contribution in [3.63, 3.8) is 0 Å². The number of sulfonamides is 1. The Morgan fingerprint density at radius 3 is 2.48 bits per heavy atom. The zero-order valence-corrected chi connectivity index (χ0v) is 15.4. The number of benzene rings is 1. The van der Waals surface area contributed by atoms with Crippen LogP contribution < -0.4 is 5.32 Å². The number of amides is 1. The van der Waals surface area contributed by atoms with Crippen molar-refractivity contribution in [2.75, 3.05) is 24.3 Å². The van der Waals surface area contributed by atoms with Crippen molar-refractivity contribution in [3.8, 4) is 0 Å². The maximum absolute atomic E-state index is 12.9. The van der Waals surface area contributed by atoms with Gasteiger partial charge in [0.2, 0.25) is 15.9 Å². The van der Waals surface area contributed by atoms with Crippen molar-refractivity contribution in [3.05, 3.63) is 35.6 Å². The van der Waals surface area contributed by atoms with Crippen LogP contribution in [-0.4, -0.2) is 57.4 Å². The van der Waals surface area contributed by atoms with Crippen LogP contribution in [0.25, 0.3) is 0 Å². The lowest BCUT2D eigenvalue weighted by atomic mass is 10.2. The van der Waals surface area contributed by atoms with Crippen LogP contribution in [0.5, 0.6) is 0 Å². The highest BCUT2D eigenvalue weighted by molar-refractivity contribution is 7.91. The summed E-state index contributed by atoms with van der Waals surface area (Å²) >= 11 is 0. The van der Waals surface area contributed by atoms with Crippen molar-refractivity contribution in [2.24, 2.45) is 0 Å². The molecule has 1 amide bonds. The molecule has 1 aliphatic heterocycles. The number of hydrogen-bond acceptors (Lipinski definition) is 5. The maximum Gasteiger partial charge on any atom is 0.221 e. The zero-order chi connectivity index (χ0) is 18.7. The molecule has 1 aliphatic rings. The average Bonchev–Trinajstić information content (AvgIpc) is 2.83. The number of halogens is 1. The molecular formula is C15H21FN2O5S2. The number of sulfone groups is 1. The van der Waals surface area contributed by atoms with Crippen molar-refractivity contribution in [2.45, 2.75) is 25.4 Å². The van der Waals surface area contributed by atoms with Crippen molar-refractivity contribution in [1.29, 1.82) is 0 Å². The quantitative estimate of drug-likeness (QED) is 0.718. The molecule has 1 N–H and O–H groups in total. The molecule has 1 fully saturated rings. The van der Waals surface area contributed by atoms with Gasteiger partial charge in [0.1, 0.15) is 5.82 Å². The van der Waals surface area contributed by atoms with Crippen LogP contribution in [0.2, 0.25) is 0 Å². The average molecular weight is 392 g/mol. The van der Waals surface area contributed by atoms with Crippen LogP contribution in [0.3, 0.4) is 0 Å². The Labute approximate surface area is 147 Å². The van der Waals surface area contributed by atoms with E-state index < -0.39 is 37.6 Å². The zero-order valence-electron chi connectivity index (χ0n) is 13.8. The van der Waals surface area contributed by atoms with Crippen LogP contribution in [0.1, 0.15) is 18.4 Å². The lowest BCUT2D eigenvalue weighted by molar-refractivity contribution is -0.121. The fourth-order valence-electron chi connectivity index (χ4n) is 2.59. The molecule has 0 spiro atoms. The molecule has 1 unspecified atom stereocenters. The predicted molar refractivity (Wildman–Crippen MR) is 91.5 cm³/mol. The molecule has 0 saturated carbocycles. The van der Waals surface area contributed by atoms with Crippen LogP contribution in [0.15, 0.2) is 24.3 Å². The van der Waals surface area contributed by atoms with Gasteiger partial charge in [0.05, 0.1) is 17.8 Å². The summed E-state index contributed by atoms with van der Waals surface area (Å²) in [6.07, 6.45) is 1.34. The van der Waals surface area contributed by atoms with Gasteiger partial charge in [0, 0.05) is 25.6 Å². The molecule has 1 heterocycles. The van der Waals surface area contributed by atoms with E-state index in [2.05, 4.69) is 5.32 Å². The van der Waals surface area contributed by atoms with Crippen molar-refractivity contribution < 1.29 is 26.0 Å². The second-order valence-corrected chi connectivity index (χ2v) is 10.4. The van der Waals surface area contributed by atoms with Gasteiger partial charge in [-0.05, 0) is 24.1 Å². The van der Waals surface area contributed by atoms with Gasteiger partial charge in [-0.3, -0.25) is 4.79 Å². The molecule has 25 heavy (non-hydrogen) atoms. The summed E-state index contributed by atoms with van der Waals surface area (Å²) in [4.78, 5) is 12.0. The first-order valence-corrected chi connectivity index (χ1v) is 11.4. The van der Waals surface area contributed by atoms with Crippen LogP contribution in [0.4, 0.5) is 4.39 Å². The third-order valence-electron chi connectivity index (χ3n) is 3.93. The number of nitrogens with zero attached hydrogens (tertiary/aromatic N) is 1. The minimum atomic E-state index is -3.55. The Morgan fingerprint density at radius 1 is 1.32 bits per heavy atom. The minimum absolute atomic E-state index is 0.0319. The highest BCUT2D eigenvalue weighted by Crippen LogP contribution is 2.13. The first-order valence-electron chi connectivity index (χ1n) is 7.74. The summed E-state index contributed by atoms with van der Waals surface area (Å²) in [5, 5.41) is 2.62. The first kappa shape index (κ1) is 19.8. The van der Waals surface area contributed by atoms with Gasteiger partial charge >= 0.3 is 0 Å². The van der Waals surface area contributed by atoms with E-state index in [-0.39, 0.29) is 31.0 Å². The Bertz CT molecular complexity index is 822. The molecule has 0 aliphatic carbocycles. The molecule has 0 aromatic heterocycles. The highest BCUT2D eigenvalue weighted by Gasteiger charge is 2.29. The second kappa shape index (κ2) is 7.79. The molecule has 7 nitrogen and oxygen atoms in total. The number of rotatable bonds is 7. The molecule has 0 radical (unpaired) electrons. The molecule has 1 saturated heterocycles. The third-order valence-corrected chi connectivity index (χ3v) is 6.94. The number of nitrogens with one attached hydrogen (secondary N) is 1. The molecule has 1 aromatic carbocycles. The van der Waals surface area contributed by atoms with E-state index >= 15 is 0 Å². The largest absolute Gasteiger partial charge is 0.352 e. The van der Waals surface area contributed by atoms with Gasteiger partial charge < -0.3 is 5.32 Å². The topological polar surface area (TPSA) is 101 Å². The van der Waals surface area contributed by atoms with E-state index in [1.165, 1.54) is 24.3 Å². The Morgan fingerprint density at radius 2 is 1.96 bits per heavy atom. The smallest absolute Gasteiger partial charge is 0.221 e. The van der Waals surface area contributed by atoms with Gasteiger partial charge in [-0.2, -0.15) is 4.31 Å². The molecule has 0 bridgehead atoms. The van der Waals surface area contributed by atoms with Gasteiger partial charge in [-0.1, -0.05) is 12.1 Å². The van der Waals surface area contributed by atoms with E-state index in [1.807, 2.05) is 0 Å². The Balaban J connectivity index is 1.91. The molecule has 10 heteroatoms. The van der Waals surface area contributed by atoms with E-state index in [1.54, 1.807) is 0 Å². The molecule has 1 aromatic rings. The van der Waals surface area contributed by atoms with Crippen LogP contribution in [0, 0.1) is 5.82 Å². The lowest BCUT2D eigenvalue weighted by Crippen LogP contribution is -2.38. The van der Waals surface area contributed by atoms with Crippen LogP contribution >= 0.6 is 0 Å². The van der Waals surface area contributed by atoms with Crippen LogP contribution in [-0.2, 0) is 31.2 Å². The maximum atomic E-state index is 12.9. The summed E-state index contributed by atoms with van der Waals surface area (Å²) in [5.74, 6) is -0.836. The summed E-state index contributed by atoms with van der Waals surface area (Å²) in [6.45, 7) is -0.00822. The van der Waals surface area contributed by atoms with Gasteiger partial charge in [0.15, 0.2) is 9.84 Å². The SMILES string of the molecule is CS(=O)(=O)N(CCC(=O)NC1CCS(=O)(=O)C1)Cc1ccc(F)cc1. The van der Waals surface area contributed by atoms with E-state index in [0.29, 0.717) is 12.0 Å². The summed E-state index contributed by atoms with van der Waals surface area (Å²) < 4.78 is 60.6. The Hall–Kier alpha value is -1.52. The molecule has 140 valence electrons. The monoisotopic (exact) mass is 392 g/mol. The number of carbonyl (C=O) groups excluding carboxylic acids is 1. The van der Waals surface area contributed by atoms with Gasteiger partial charge in [-0.25, -0.2) is 21.2 Å². The third kappa shape index (κ3) is 6.37. The summed E-state index contributed by atoms with van der Waals surface area (Å²) in [5.41, 5.74) is 0.606. The number of carbonyl (C=O) groups is 1. The standard InChI is InChI=1S/C15H21FN2O5S2/c1-24(20,21)18(10-12-2-4-13(16)5-3-12)8-6-15(19)17-14-7-9-25(22,23)11-14/h2-5,14H,6-11H2,1H3,(H,17,19). The molecular weight excluding hydrogens is 371 g/mol. The molecule has 2 rings (SSSR count). The number of hydrogen-bond donors (Lipinski definition) is 1. The molecule has 1 atom stereocenters. The van der Waals surface area contributed by atoms with Crippen molar-refractivity contribution >= 4 is 25.8 Å². The normalized spacial score (nSPS) is 19.9. The van der Waals surface area contributed by atoms with Gasteiger partial charge in [-0.15, -0.1) is 0 Å². The Kier molecular flexibility index (Phi) is 6.17. The highest BCUT2D eigenvalue weighted by atomic mass is 32.2. The van der Waals surface area contributed by atoms with E-state index in [4.69, 9.17) is 0 Å².